The normalized spacial score (nSPS) is 20.1. The summed E-state index contributed by atoms with van der Waals surface area (Å²) in [5, 5.41) is 0. The maximum Gasteiger partial charge on any atom is 0.346 e. The Morgan fingerprint density at radius 2 is 1.60 bits per heavy atom. The Morgan fingerprint density at radius 3 is 2.23 bits per heavy atom. The Hall–Kier alpha value is -1.23. The second-order valence-electron chi connectivity index (χ2n) is 11.3. The number of ketones is 2. The van der Waals surface area contributed by atoms with Gasteiger partial charge in [-0.05, 0) is 69.6 Å². The first-order valence-electron chi connectivity index (χ1n) is 14.5. The number of esters is 1. The highest BCUT2D eigenvalue weighted by Gasteiger charge is 2.46. The van der Waals surface area contributed by atoms with Crippen molar-refractivity contribution in [2.75, 3.05) is 13.2 Å². The molecule has 0 aromatic rings. The van der Waals surface area contributed by atoms with Crippen LogP contribution >= 0.6 is 0 Å². The van der Waals surface area contributed by atoms with E-state index >= 15 is 0 Å². The molecule has 0 aliphatic heterocycles. The average molecular weight is 495 g/mol. The van der Waals surface area contributed by atoms with Crippen LogP contribution in [0.15, 0.2) is 0 Å². The van der Waals surface area contributed by atoms with Crippen LogP contribution in [0.4, 0.5) is 0 Å². The van der Waals surface area contributed by atoms with E-state index in [0.717, 1.165) is 38.5 Å². The van der Waals surface area contributed by atoms with Crippen molar-refractivity contribution >= 4 is 17.5 Å². The molecule has 1 rings (SSSR count). The van der Waals surface area contributed by atoms with Gasteiger partial charge in [-0.15, -0.1) is 0 Å². The van der Waals surface area contributed by atoms with Crippen LogP contribution in [0.1, 0.15) is 138 Å². The topological polar surface area (TPSA) is 69.7 Å². The lowest BCUT2D eigenvalue weighted by Gasteiger charge is -2.29. The fourth-order valence-electron chi connectivity index (χ4n) is 5.53. The summed E-state index contributed by atoms with van der Waals surface area (Å²) in [4.78, 5) is 38.4. The van der Waals surface area contributed by atoms with Gasteiger partial charge in [0.2, 0.25) is 5.60 Å². The van der Waals surface area contributed by atoms with Crippen molar-refractivity contribution in [2.24, 2.45) is 17.3 Å². The van der Waals surface area contributed by atoms with Gasteiger partial charge in [0.1, 0.15) is 5.78 Å². The van der Waals surface area contributed by atoms with Gasteiger partial charge >= 0.3 is 5.97 Å². The van der Waals surface area contributed by atoms with Crippen molar-refractivity contribution in [2.45, 2.75) is 143 Å². The number of ether oxygens (including phenoxy) is 2. The molecule has 0 heterocycles. The first-order chi connectivity index (χ1) is 16.7. The van der Waals surface area contributed by atoms with E-state index in [2.05, 4.69) is 20.8 Å². The predicted octanol–water partition coefficient (Wildman–Crippen LogP) is 7.63. The van der Waals surface area contributed by atoms with Crippen LogP contribution < -0.4 is 0 Å². The Balaban J connectivity index is 2.57. The number of unbranched alkanes of at least 4 members (excludes halogenated alkanes) is 3. The zero-order valence-corrected chi connectivity index (χ0v) is 23.7. The minimum atomic E-state index is -1.48. The molecular formula is C30H54O5. The minimum absolute atomic E-state index is 0.144. The van der Waals surface area contributed by atoms with Crippen LogP contribution in [0.2, 0.25) is 0 Å². The SMILES string of the molecule is CCCCOC(CC)(C(=O)CCCC[C@H]1C(=O)CC[C@@H]1CCCC(C)(C)CCCC)C(=O)OCC. The molecule has 0 spiro atoms. The van der Waals surface area contributed by atoms with Crippen molar-refractivity contribution in [3.05, 3.63) is 0 Å². The number of rotatable bonds is 20. The third-order valence-corrected chi connectivity index (χ3v) is 7.95. The molecule has 1 aliphatic rings. The quantitative estimate of drug-likeness (QED) is 0.0988. The number of carbonyl (C=O) groups excluding carboxylic acids is 3. The Bertz CT molecular complexity index is 641. The van der Waals surface area contributed by atoms with Crippen LogP contribution in [0, 0.1) is 17.3 Å². The smallest absolute Gasteiger partial charge is 0.346 e. The highest BCUT2D eigenvalue weighted by atomic mass is 16.6. The molecule has 0 aromatic heterocycles. The summed E-state index contributed by atoms with van der Waals surface area (Å²) in [6.45, 7) is 13.2. The highest BCUT2D eigenvalue weighted by Crippen LogP contribution is 2.38. The molecule has 35 heavy (non-hydrogen) atoms. The third kappa shape index (κ3) is 10.3. The molecule has 0 N–H and O–H groups in total. The molecule has 204 valence electrons. The zero-order chi connectivity index (χ0) is 26.3. The summed E-state index contributed by atoms with van der Waals surface area (Å²) in [6.07, 6.45) is 13.8. The maximum atomic E-state index is 13.1. The van der Waals surface area contributed by atoms with Crippen LogP contribution in [0.5, 0.6) is 0 Å². The maximum absolute atomic E-state index is 13.1. The standard InChI is InChI=1S/C30H54O5/c1-7-11-21-29(5,6)22-15-16-24-19-20-26(31)25(24)17-13-14-18-27(32)30(9-3,28(33)34-10-4)35-23-12-8-2/h24-25H,7-23H2,1-6H3/t24-,25+,30?/m0/s1. The molecule has 1 saturated carbocycles. The molecular weight excluding hydrogens is 440 g/mol. The molecule has 3 atom stereocenters. The van der Waals surface area contributed by atoms with Gasteiger partial charge in [-0.3, -0.25) is 9.59 Å². The van der Waals surface area contributed by atoms with E-state index in [0.29, 0.717) is 36.6 Å². The summed E-state index contributed by atoms with van der Waals surface area (Å²) >= 11 is 0. The minimum Gasteiger partial charge on any atom is -0.464 e. The van der Waals surface area contributed by atoms with Gasteiger partial charge in [-0.2, -0.15) is 0 Å². The van der Waals surface area contributed by atoms with Crippen molar-refractivity contribution in [1.29, 1.82) is 0 Å². The van der Waals surface area contributed by atoms with Gasteiger partial charge in [-0.25, -0.2) is 4.79 Å². The van der Waals surface area contributed by atoms with E-state index in [1.807, 2.05) is 13.8 Å². The zero-order valence-electron chi connectivity index (χ0n) is 23.7. The Kier molecular flexibility index (Phi) is 15.0. The highest BCUT2D eigenvalue weighted by molar-refractivity contribution is 6.07. The predicted molar refractivity (Wildman–Crippen MR) is 142 cm³/mol. The van der Waals surface area contributed by atoms with Crippen LogP contribution in [-0.4, -0.2) is 36.4 Å². The Morgan fingerprint density at radius 1 is 0.914 bits per heavy atom. The summed E-state index contributed by atoms with van der Waals surface area (Å²) in [5.41, 5.74) is -1.10. The van der Waals surface area contributed by atoms with E-state index in [9.17, 15) is 14.4 Å². The molecule has 1 aliphatic carbocycles. The first kappa shape index (κ1) is 31.8. The molecule has 0 amide bonds. The van der Waals surface area contributed by atoms with Crippen LogP contribution in [-0.2, 0) is 23.9 Å². The third-order valence-electron chi connectivity index (χ3n) is 7.95. The second-order valence-corrected chi connectivity index (χ2v) is 11.3. The Labute approximate surface area is 215 Å². The van der Waals surface area contributed by atoms with Crippen molar-refractivity contribution < 1.29 is 23.9 Å². The molecule has 1 fully saturated rings. The number of carbonyl (C=O) groups is 3. The van der Waals surface area contributed by atoms with Gasteiger partial charge in [0.15, 0.2) is 5.78 Å². The summed E-state index contributed by atoms with van der Waals surface area (Å²) in [6, 6.07) is 0. The fraction of sp³-hybridized carbons (Fsp3) is 0.900. The van der Waals surface area contributed by atoms with E-state index in [-0.39, 0.29) is 31.1 Å². The van der Waals surface area contributed by atoms with E-state index < -0.39 is 11.6 Å². The molecule has 0 radical (unpaired) electrons. The number of Topliss-reactive ketones (excluding diaryl/α,β-unsaturated/α-hetero) is 2. The summed E-state index contributed by atoms with van der Waals surface area (Å²) in [7, 11) is 0. The molecule has 5 nitrogen and oxygen atoms in total. The lowest BCUT2D eigenvalue weighted by Crippen LogP contribution is -2.50. The van der Waals surface area contributed by atoms with Gasteiger partial charge in [-0.1, -0.05) is 66.7 Å². The largest absolute Gasteiger partial charge is 0.464 e. The molecule has 0 bridgehead atoms. The first-order valence-corrected chi connectivity index (χ1v) is 14.5. The average Bonchev–Trinajstić information content (AvgIpc) is 3.17. The number of hydrogen-bond donors (Lipinski definition) is 0. The molecule has 5 heteroatoms. The lowest BCUT2D eigenvalue weighted by atomic mass is 9.79. The van der Waals surface area contributed by atoms with Gasteiger partial charge < -0.3 is 9.47 Å². The van der Waals surface area contributed by atoms with Gasteiger partial charge in [0.25, 0.3) is 0 Å². The van der Waals surface area contributed by atoms with Crippen LogP contribution in [0.25, 0.3) is 0 Å². The second kappa shape index (κ2) is 16.5. The fourth-order valence-corrected chi connectivity index (χ4v) is 5.53. The van der Waals surface area contributed by atoms with Crippen molar-refractivity contribution in [1.82, 2.24) is 0 Å². The van der Waals surface area contributed by atoms with E-state index in [1.54, 1.807) is 6.92 Å². The van der Waals surface area contributed by atoms with Gasteiger partial charge in [0.05, 0.1) is 6.61 Å². The van der Waals surface area contributed by atoms with Crippen molar-refractivity contribution in [3.8, 4) is 0 Å². The van der Waals surface area contributed by atoms with E-state index in [4.69, 9.17) is 9.47 Å². The van der Waals surface area contributed by atoms with Gasteiger partial charge in [0, 0.05) is 25.4 Å². The number of hydrogen-bond acceptors (Lipinski definition) is 5. The summed E-state index contributed by atoms with van der Waals surface area (Å²) < 4.78 is 11.1. The van der Waals surface area contributed by atoms with Crippen molar-refractivity contribution in [3.63, 3.8) is 0 Å². The van der Waals surface area contributed by atoms with Crippen LogP contribution in [0.3, 0.4) is 0 Å². The summed E-state index contributed by atoms with van der Waals surface area (Å²) in [5.74, 6) is 0.302. The molecule has 0 saturated heterocycles. The van der Waals surface area contributed by atoms with E-state index in [1.165, 1.54) is 32.1 Å². The molecule has 0 aromatic carbocycles. The lowest BCUT2D eigenvalue weighted by molar-refractivity contribution is -0.178. The molecule has 1 unspecified atom stereocenters. The monoisotopic (exact) mass is 494 g/mol.